The van der Waals surface area contributed by atoms with E-state index in [0.717, 1.165) is 28.4 Å². The van der Waals surface area contributed by atoms with Gasteiger partial charge < -0.3 is 23.9 Å². The van der Waals surface area contributed by atoms with Gasteiger partial charge in [-0.2, -0.15) is 0 Å². The van der Waals surface area contributed by atoms with Crippen LogP contribution in [0.3, 0.4) is 0 Å². The molecular formula is C29H25N5O5S. The Bertz CT molecular complexity index is 1620. The molecule has 0 unspecified atom stereocenters. The first-order valence-corrected chi connectivity index (χ1v) is 13.5. The number of aromatic nitrogens is 4. The second-order valence-corrected chi connectivity index (χ2v) is 9.82. The summed E-state index contributed by atoms with van der Waals surface area (Å²) in [6.07, 6.45) is 1.98. The molecule has 1 N–H and O–H groups in total. The number of amides is 1. The minimum absolute atomic E-state index is 0.204. The standard InChI is InChI=1S/C29H25N5O5S/c1-36-22-10-8-21(9-11-22)34-26(14-19-5-3-2-4-6-19)32-33-29(34)40-17-27-31-23(16-37-27)28(35)30-15-20-7-12-24-25(13-20)39-18-38-24/h2-13,16H,14-15,17-18H2,1H3,(H,30,35). The van der Waals surface area contributed by atoms with Crippen molar-refractivity contribution in [3.63, 3.8) is 0 Å². The van der Waals surface area contributed by atoms with Crippen molar-refractivity contribution in [2.45, 2.75) is 23.9 Å². The van der Waals surface area contributed by atoms with Gasteiger partial charge in [0.05, 0.1) is 12.9 Å². The molecule has 11 heteroatoms. The molecule has 10 nitrogen and oxygen atoms in total. The van der Waals surface area contributed by atoms with Crippen LogP contribution in [0.4, 0.5) is 0 Å². The molecule has 0 atom stereocenters. The van der Waals surface area contributed by atoms with Crippen LogP contribution < -0.4 is 19.5 Å². The third-order valence-corrected chi connectivity index (χ3v) is 7.15. The molecule has 202 valence electrons. The summed E-state index contributed by atoms with van der Waals surface area (Å²) < 4.78 is 23.6. The molecule has 0 saturated heterocycles. The maximum absolute atomic E-state index is 12.7. The largest absolute Gasteiger partial charge is 0.497 e. The van der Waals surface area contributed by atoms with E-state index in [1.165, 1.54) is 18.0 Å². The minimum Gasteiger partial charge on any atom is -0.497 e. The zero-order valence-corrected chi connectivity index (χ0v) is 22.4. The predicted octanol–water partition coefficient (Wildman–Crippen LogP) is 4.81. The molecule has 2 aromatic heterocycles. The maximum atomic E-state index is 12.7. The molecule has 6 rings (SSSR count). The number of nitrogens with one attached hydrogen (secondary N) is 1. The van der Waals surface area contributed by atoms with E-state index in [9.17, 15) is 4.79 Å². The fourth-order valence-electron chi connectivity index (χ4n) is 4.21. The van der Waals surface area contributed by atoms with Crippen LogP contribution in [0.2, 0.25) is 0 Å². The molecule has 1 amide bonds. The highest BCUT2D eigenvalue weighted by molar-refractivity contribution is 7.98. The molecular weight excluding hydrogens is 530 g/mol. The van der Waals surface area contributed by atoms with Crippen molar-refractivity contribution in [3.05, 3.63) is 108 Å². The first-order chi connectivity index (χ1) is 19.7. The zero-order valence-electron chi connectivity index (χ0n) is 21.6. The summed E-state index contributed by atoms with van der Waals surface area (Å²) in [7, 11) is 1.64. The number of ether oxygens (including phenoxy) is 3. The van der Waals surface area contributed by atoms with Crippen LogP contribution in [0.1, 0.15) is 33.3 Å². The van der Waals surface area contributed by atoms with E-state index in [2.05, 4.69) is 32.6 Å². The molecule has 1 aliphatic rings. The monoisotopic (exact) mass is 555 g/mol. The molecule has 0 aliphatic carbocycles. The molecule has 0 bridgehead atoms. The maximum Gasteiger partial charge on any atom is 0.273 e. The van der Waals surface area contributed by atoms with E-state index in [1.54, 1.807) is 7.11 Å². The van der Waals surface area contributed by atoms with Crippen molar-refractivity contribution in [2.75, 3.05) is 13.9 Å². The van der Waals surface area contributed by atoms with Crippen molar-refractivity contribution in [1.29, 1.82) is 0 Å². The van der Waals surface area contributed by atoms with Gasteiger partial charge in [-0.25, -0.2) is 4.98 Å². The Balaban J connectivity index is 1.14. The minimum atomic E-state index is -0.329. The van der Waals surface area contributed by atoms with Crippen molar-refractivity contribution in [1.82, 2.24) is 25.1 Å². The van der Waals surface area contributed by atoms with Gasteiger partial charge in [-0.3, -0.25) is 9.36 Å². The van der Waals surface area contributed by atoms with E-state index < -0.39 is 0 Å². The van der Waals surface area contributed by atoms with Crippen LogP contribution in [-0.2, 0) is 18.7 Å². The molecule has 40 heavy (non-hydrogen) atoms. The van der Waals surface area contributed by atoms with E-state index >= 15 is 0 Å². The second-order valence-electron chi connectivity index (χ2n) is 8.88. The molecule has 3 aromatic carbocycles. The quantitative estimate of drug-likeness (QED) is 0.243. The molecule has 0 saturated carbocycles. The number of methoxy groups -OCH3 is 1. The van der Waals surface area contributed by atoms with Gasteiger partial charge in [0, 0.05) is 18.7 Å². The lowest BCUT2D eigenvalue weighted by Gasteiger charge is -2.11. The molecule has 0 fully saturated rings. The van der Waals surface area contributed by atoms with Gasteiger partial charge >= 0.3 is 0 Å². The van der Waals surface area contributed by atoms with Gasteiger partial charge in [-0.1, -0.05) is 48.2 Å². The Hall–Kier alpha value is -4.77. The third kappa shape index (κ3) is 5.64. The fraction of sp³-hybridized carbons (Fsp3) is 0.172. The number of hydrogen-bond donors (Lipinski definition) is 1. The normalized spacial score (nSPS) is 11.9. The Labute approximate surface area is 234 Å². The van der Waals surface area contributed by atoms with Crippen LogP contribution in [0.15, 0.2) is 88.6 Å². The first-order valence-electron chi connectivity index (χ1n) is 12.5. The van der Waals surface area contributed by atoms with Gasteiger partial charge in [-0.15, -0.1) is 10.2 Å². The number of fused-ring (bicyclic) bond motifs is 1. The number of carbonyl (C=O) groups is 1. The summed E-state index contributed by atoms with van der Waals surface area (Å²) >= 11 is 1.43. The second kappa shape index (κ2) is 11.5. The van der Waals surface area contributed by atoms with Crippen molar-refractivity contribution < 1.29 is 23.4 Å². The third-order valence-electron chi connectivity index (χ3n) is 6.24. The van der Waals surface area contributed by atoms with E-state index in [-0.39, 0.29) is 18.4 Å². The summed E-state index contributed by atoms with van der Waals surface area (Å²) in [5.74, 6) is 3.38. The molecule has 5 aromatic rings. The highest BCUT2D eigenvalue weighted by Crippen LogP contribution is 2.32. The Morgan fingerprint density at radius 1 is 1.00 bits per heavy atom. The number of oxazole rings is 1. The average Bonchev–Trinajstić information content (AvgIpc) is 3.75. The number of benzene rings is 3. The Kier molecular flexibility index (Phi) is 7.36. The smallest absolute Gasteiger partial charge is 0.273 e. The number of hydrogen-bond acceptors (Lipinski definition) is 9. The predicted molar refractivity (Wildman–Crippen MR) is 147 cm³/mol. The summed E-state index contributed by atoms with van der Waals surface area (Å²) in [4.78, 5) is 17.1. The zero-order chi connectivity index (χ0) is 27.3. The summed E-state index contributed by atoms with van der Waals surface area (Å²) in [6, 6.07) is 23.4. The Morgan fingerprint density at radius 3 is 2.65 bits per heavy atom. The van der Waals surface area contributed by atoms with Crippen molar-refractivity contribution in [3.8, 4) is 22.9 Å². The lowest BCUT2D eigenvalue weighted by Crippen LogP contribution is -2.23. The summed E-state index contributed by atoms with van der Waals surface area (Å²) in [6.45, 7) is 0.525. The SMILES string of the molecule is COc1ccc(-n2c(Cc3ccccc3)nnc2SCc2nc(C(=O)NCc3ccc4c(c3)OCO4)co2)cc1. The van der Waals surface area contributed by atoms with Crippen LogP contribution in [-0.4, -0.2) is 39.6 Å². The van der Waals surface area contributed by atoms with E-state index in [0.29, 0.717) is 41.3 Å². The van der Waals surface area contributed by atoms with Crippen LogP contribution in [0, 0.1) is 0 Å². The number of rotatable bonds is 10. The molecule has 1 aliphatic heterocycles. The molecule has 3 heterocycles. The Morgan fingerprint density at radius 2 is 1.82 bits per heavy atom. The van der Waals surface area contributed by atoms with Crippen LogP contribution in [0.5, 0.6) is 17.2 Å². The van der Waals surface area contributed by atoms with E-state index in [1.807, 2.05) is 65.2 Å². The van der Waals surface area contributed by atoms with Gasteiger partial charge in [0.2, 0.25) is 12.7 Å². The van der Waals surface area contributed by atoms with Crippen LogP contribution in [0.25, 0.3) is 5.69 Å². The number of carbonyl (C=O) groups excluding carboxylic acids is 1. The number of nitrogens with zero attached hydrogens (tertiary/aromatic N) is 4. The van der Waals surface area contributed by atoms with E-state index in [4.69, 9.17) is 18.6 Å². The van der Waals surface area contributed by atoms with Crippen LogP contribution >= 0.6 is 11.8 Å². The van der Waals surface area contributed by atoms with Gasteiger partial charge in [0.1, 0.15) is 17.8 Å². The topological polar surface area (TPSA) is 114 Å². The number of thioether (sulfide) groups is 1. The fourth-order valence-corrected chi connectivity index (χ4v) is 5.03. The summed E-state index contributed by atoms with van der Waals surface area (Å²) in [5, 5.41) is 12.5. The highest BCUT2D eigenvalue weighted by atomic mass is 32.2. The lowest BCUT2D eigenvalue weighted by atomic mass is 10.1. The van der Waals surface area contributed by atoms with Crippen molar-refractivity contribution in [2.24, 2.45) is 0 Å². The summed E-state index contributed by atoms with van der Waals surface area (Å²) in [5.41, 5.74) is 3.14. The average molecular weight is 556 g/mol. The van der Waals surface area contributed by atoms with Gasteiger partial charge in [0.25, 0.3) is 5.91 Å². The lowest BCUT2D eigenvalue weighted by molar-refractivity contribution is 0.0945. The van der Waals surface area contributed by atoms with Gasteiger partial charge in [0.15, 0.2) is 22.3 Å². The van der Waals surface area contributed by atoms with Crippen molar-refractivity contribution >= 4 is 17.7 Å². The molecule has 0 spiro atoms. The van der Waals surface area contributed by atoms with Gasteiger partial charge in [-0.05, 0) is 47.5 Å². The first kappa shape index (κ1) is 25.5. The molecule has 0 radical (unpaired) electrons. The highest BCUT2D eigenvalue weighted by Gasteiger charge is 2.18.